The van der Waals surface area contributed by atoms with Crippen molar-refractivity contribution in [2.45, 2.75) is 13.3 Å². The largest absolute Gasteiger partial charge is 0.478 e. The molecular formula is C12H15BrN2O3. The van der Waals surface area contributed by atoms with Crippen LogP contribution in [0.4, 0.5) is 10.5 Å². The van der Waals surface area contributed by atoms with E-state index in [-0.39, 0.29) is 17.3 Å². The van der Waals surface area contributed by atoms with Gasteiger partial charge in [0.1, 0.15) is 0 Å². The number of hydrogen-bond donors (Lipinski definition) is 2. The molecule has 0 bridgehead atoms. The van der Waals surface area contributed by atoms with Gasteiger partial charge in [-0.2, -0.15) is 0 Å². The first-order valence-corrected chi connectivity index (χ1v) is 6.30. The second-order valence-electron chi connectivity index (χ2n) is 3.85. The van der Waals surface area contributed by atoms with Gasteiger partial charge in [-0.15, -0.1) is 0 Å². The number of carbonyl (C=O) groups excluding carboxylic acids is 1. The van der Waals surface area contributed by atoms with Crippen LogP contribution in [0.5, 0.6) is 0 Å². The van der Waals surface area contributed by atoms with Gasteiger partial charge in [0.25, 0.3) is 0 Å². The molecule has 0 atom stereocenters. The van der Waals surface area contributed by atoms with E-state index in [1.54, 1.807) is 19.2 Å². The summed E-state index contributed by atoms with van der Waals surface area (Å²) in [6, 6.07) is 4.31. The molecule has 1 aromatic carbocycles. The average molecular weight is 315 g/mol. The number of nitrogens with one attached hydrogen (secondary N) is 1. The lowest BCUT2D eigenvalue weighted by Crippen LogP contribution is -2.32. The molecule has 18 heavy (non-hydrogen) atoms. The normalized spacial score (nSPS) is 9.94. The van der Waals surface area contributed by atoms with Gasteiger partial charge in [-0.25, -0.2) is 9.59 Å². The summed E-state index contributed by atoms with van der Waals surface area (Å²) in [4.78, 5) is 24.3. The Morgan fingerprint density at radius 2 is 2.11 bits per heavy atom. The van der Waals surface area contributed by atoms with Crippen molar-refractivity contribution >= 4 is 33.6 Å². The number of hydrogen-bond acceptors (Lipinski definition) is 2. The second kappa shape index (κ2) is 6.39. The summed E-state index contributed by atoms with van der Waals surface area (Å²) >= 11 is 3.25. The minimum Gasteiger partial charge on any atom is -0.478 e. The molecule has 98 valence electrons. The Morgan fingerprint density at radius 3 is 2.67 bits per heavy atom. The number of carboxylic acid groups (broad SMARTS) is 1. The Morgan fingerprint density at radius 1 is 1.44 bits per heavy atom. The molecule has 1 aromatic rings. The fourth-order valence-corrected chi connectivity index (χ4v) is 1.82. The Balaban J connectivity index is 2.92. The number of halogens is 1. The summed E-state index contributed by atoms with van der Waals surface area (Å²) in [6.45, 7) is 2.58. The highest BCUT2D eigenvalue weighted by Crippen LogP contribution is 2.21. The molecule has 0 aliphatic rings. The van der Waals surface area contributed by atoms with Crippen molar-refractivity contribution in [2.24, 2.45) is 0 Å². The molecule has 0 fully saturated rings. The Hall–Kier alpha value is -1.56. The molecule has 0 aliphatic heterocycles. The molecular weight excluding hydrogens is 300 g/mol. The van der Waals surface area contributed by atoms with Crippen molar-refractivity contribution in [2.75, 3.05) is 18.9 Å². The number of anilines is 1. The number of amides is 2. The molecule has 0 spiro atoms. The number of carbonyl (C=O) groups is 2. The summed E-state index contributed by atoms with van der Waals surface area (Å²) in [5.41, 5.74) is 0.348. The van der Waals surface area contributed by atoms with Crippen LogP contribution < -0.4 is 5.32 Å². The van der Waals surface area contributed by atoms with Crippen LogP contribution in [-0.2, 0) is 0 Å². The fraction of sp³-hybridized carbons (Fsp3) is 0.333. The number of carboxylic acids is 1. The molecule has 1 rings (SSSR count). The minimum atomic E-state index is -1.07. The van der Waals surface area contributed by atoms with Crippen LogP contribution in [0.25, 0.3) is 0 Å². The zero-order valence-electron chi connectivity index (χ0n) is 10.2. The maximum absolute atomic E-state index is 11.8. The van der Waals surface area contributed by atoms with Crippen LogP contribution >= 0.6 is 15.9 Å². The predicted molar refractivity (Wildman–Crippen MR) is 73.0 cm³/mol. The molecule has 6 heteroatoms. The van der Waals surface area contributed by atoms with Crippen LogP contribution in [0.15, 0.2) is 22.7 Å². The third-order valence-corrected chi connectivity index (χ3v) is 2.85. The van der Waals surface area contributed by atoms with Gasteiger partial charge in [-0.05, 0) is 24.6 Å². The molecule has 2 amide bonds. The maximum Gasteiger partial charge on any atom is 0.337 e. The number of urea groups is 1. The molecule has 0 unspecified atom stereocenters. The average Bonchev–Trinajstić information content (AvgIpc) is 2.28. The van der Waals surface area contributed by atoms with E-state index in [4.69, 9.17) is 5.11 Å². The zero-order valence-corrected chi connectivity index (χ0v) is 11.8. The van der Waals surface area contributed by atoms with Gasteiger partial charge in [0.2, 0.25) is 0 Å². The highest BCUT2D eigenvalue weighted by molar-refractivity contribution is 9.10. The van der Waals surface area contributed by atoms with Gasteiger partial charge in [0, 0.05) is 18.1 Å². The van der Waals surface area contributed by atoms with Gasteiger partial charge >= 0.3 is 12.0 Å². The maximum atomic E-state index is 11.8. The van der Waals surface area contributed by atoms with E-state index >= 15 is 0 Å². The van der Waals surface area contributed by atoms with Crippen LogP contribution in [0.1, 0.15) is 23.7 Å². The topological polar surface area (TPSA) is 69.6 Å². The van der Waals surface area contributed by atoms with Crippen LogP contribution in [0.2, 0.25) is 0 Å². The van der Waals surface area contributed by atoms with Gasteiger partial charge in [-0.3, -0.25) is 0 Å². The van der Waals surface area contributed by atoms with Crippen LogP contribution in [-0.4, -0.2) is 35.6 Å². The number of benzene rings is 1. The van der Waals surface area contributed by atoms with E-state index in [2.05, 4.69) is 21.2 Å². The number of aromatic carboxylic acids is 1. The van der Waals surface area contributed by atoms with Gasteiger partial charge in [-0.1, -0.05) is 22.9 Å². The van der Waals surface area contributed by atoms with Crippen molar-refractivity contribution < 1.29 is 14.7 Å². The first-order chi connectivity index (χ1) is 8.45. The van der Waals surface area contributed by atoms with E-state index in [1.807, 2.05) is 6.92 Å². The quantitative estimate of drug-likeness (QED) is 0.897. The van der Waals surface area contributed by atoms with E-state index in [1.165, 1.54) is 11.0 Å². The van der Waals surface area contributed by atoms with Gasteiger partial charge in [0.15, 0.2) is 0 Å². The lowest BCUT2D eigenvalue weighted by Gasteiger charge is -2.18. The van der Waals surface area contributed by atoms with Crippen LogP contribution in [0, 0.1) is 0 Å². The summed E-state index contributed by atoms with van der Waals surface area (Å²) in [5, 5.41) is 11.6. The second-order valence-corrected chi connectivity index (χ2v) is 4.76. The SMILES string of the molecule is CCCN(C)C(=O)Nc1cc(Br)ccc1C(=O)O. The molecule has 0 aliphatic carbocycles. The number of nitrogens with zero attached hydrogens (tertiary/aromatic N) is 1. The Bertz CT molecular complexity index is 463. The number of rotatable bonds is 4. The van der Waals surface area contributed by atoms with Gasteiger partial charge < -0.3 is 15.3 Å². The Labute approximate surface area is 114 Å². The summed E-state index contributed by atoms with van der Waals surface area (Å²) < 4.78 is 0.709. The van der Waals surface area contributed by atoms with Crippen molar-refractivity contribution in [3.8, 4) is 0 Å². The lowest BCUT2D eigenvalue weighted by atomic mass is 10.2. The molecule has 5 nitrogen and oxygen atoms in total. The highest BCUT2D eigenvalue weighted by Gasteiger charge is 2.14. The monoisotopic (exact) mass is 314 g/mol. The zero-order chi connectivity index (χ0) is 13.7. The molecule has 2 N–H and O–H groups in total. The van der Waals surface area contributed by atoms with Gasteiger partial charge in [0.05, 0.1) is 11.3 Å². The molecule has 0 saturated carbocycles. The highest BCUT2D eigenvalue weighted by atomic mass is 79.9. The van der Waals surface area contributed by atoms with Crippen molar-refractivity contribution in [3.05, 3.63) is 28.2 Å². The Kier molecular flexibility index (Phi) is 5.15. The van der Waals surface area contributed by atoms with E-state index in [9.17, 15) is 9.59 Å². The fourth-order valence-electron chi connectivity index (χ4n) is 1.45. The third-order valence-electron chi connectivity index (χ3n) is 2.36. The third kappa shape index (κ3) is 3.73. The minimum absolute atomic E-state index is 0.0662. The first kappa shape index (κ1) is 14.5. The molecule has 0 heterocycles. The van der Waals surface area contributed by atoms with E-state index < -0.39 is 5.97 Å². The predicted octanol–water partition coefficient (Wildman–Crippen LogP) is 3.02. The van der Waals surface area contributed by atoms with Crippen molar-refractivity contribution in [3.63, 3.8) is 0 Å². The summed E-state index contributed by atoms with van der Waals surface area (Å²) in [5.74, 6) is -1.07. The molecule has 0 radical (unpaired) electrons. The first-order valence-electron chi connectivity index (χ1n) is 5.50. The van der Waals surface area contributed by atoms with E-state index in [0.29, 0.717) is 11.0 Å². The molecule has 0 aromatic heterocycles. The van der Waals surface area contributed by atoms with Crippen molar-refractivity contribution in [1.82, 2.24) is 4.90 Å². The standard InChI is InChI=1S/C12H15BrN2O3/c1-3-6-15(2)12(18)14-10-7-8(13)4-5-9(10)11(16)17/h4-5,7H,3,6H2,1-2H3,(H,14,18)(H,16,17). The van der Waals surface area contributed by atoms with E-state index in [0.717, 1.165) is 6.42 Å². The smallest absolute Gasteiger partial charge is 0.337 e. The molecule has 0 saturated heterocycles. The summed E-state index contributed by atoms with van der Waals surface area (Å²) in [6.07, 6.45) is 0.841. The van der Waals surface area contributed by atoms with Crippen LogP contribution in [0.3, 0.4) is 0 Å². The van der Waals surface area contributed by atoms with Crippen molar-refractivity contribution in [1.29, 1.82) is 0 Å². The lowest BCUT2D eigenvalue weighted by molar-refractivity contribution is 0.0698. The summed E-state index contributed by atoms with van der Waals surface area (Å²) in [7, 11) is 1.66.